The fraction of sp³-hybridized carbons (Fsp3) is 0.125. The standard InChI is InChI=1S/C16H15N3O/c1-11(12-6-3-2-4-7-12)16-18-15(19-20-16)13-8-5-9-14(17)10-13/h2-11H,17H2,1H3. The van der Waals surface area contributed by atoms with Crippen LogP contribution in [0.15, 0.2) is 59.1 Å². The number of hydrogen-bond donors (Lipinski definition) is 1. The zero-order chi connectivity index (χ0) is 13.9. The summed E-state index contributed by atoms with van der Waals surface area (Å²) in [7, 11) is 0. The lowest BCUT2D eigenvalue weighted by molar-refractivity contribution is 0.371. The molecule has 1 heterocycles. The molecule has 0 aliphatic carbocycles. The number of nitrogen functional groups attached to an aromatic ring is 1. The third kappa shape index (κ3) is 2.40. The van der Waals surface area contributed by atoms with E-state index in [1.807, 2.05) is 49.4 Å². The number of benzene rings is 2. The Morgan fingerprint density at radius 2 is 1.85 bits per heavy atom. The van der Waals surface area contributed by atoms with Crippen LogP contribution in [0, 0.1) is 0 Å². The second-order valence-corrected chi connectivity index (χ2v) is 4.71. The van der Waals surface area contributed by atoms with Crippen LogP contribution in [0.1, 0.15) is 24.3 Å². The van der Waals surface area contributed by atoms with Gasteiger partial charge in [-0.25, -0.2) is 0 Å². The van der Waals surface area contributed by atoms with E-state index in [2.05, 4.69) is 22.3 Å². The van der Waals surface area contributed by atoms with Crippen LogP contribution in [-0.4, -0.2) is 10.1 Å². The Hall–Kier alpha value is -2.62. The molecule has 0 radical (unpaired) electrons. The molecule has 0 saturated carbocycles. The highest BCUT2D eigenvalue weighted by Crippen LogP contribution is 2.25. The Balaban J connectivity index is 1.91. The van der Waals surface area contributed by atoms with Crippen LogP contribution in [0.2, 0.25) is 0 Å². The minimum absolute atomic E-state index is 0.0681. The van der Waals surface area contributed by atoms with E-state index in [1.165, 1.54) is 0 Å². The van der Waals surface area contributed by atoms with Crippen LogP contribution in [0.4, 0.5) is 5.69 Å². The Kier molecular flexibility index (Phi) is 3.21. The Labute approximate surface area is 117 Å². The molecule has 0 aliphatic heterocycles. The van der Waals surface area contributed by atoms with Crippen LogP contribution in [-0.2, 0) is 0 Å². The summed E-state index contributed by atoms with van der Waals surface area (Å²) >= 11 is 0. The number of nitrogens with zero attached hydrogens (tertiary/aromatic N) is 2. The number of aromatic nitrogens is 2. The molecule has 20 heavy (non-hydrogen) atoms. The zero-order valence-electron chi connectivity index (χ0n) is 11.2. The second kappa shape index (κ2) is 5.17. The van der Waals surface area contributed by atoms with E-state index in [4.69, 9.17) is 10.3 Å². The summed E-state index contributed by atoms with van der Waals surface area (Å²) in [4.78, 5) is 4.46. The van der Waals surface area contributed by atoms with Crippen LogP contribution in [0.5, 0.6) is 0 Å². The van der Waals surface area contributed by atoms with Gasteiger partial charge in [-0.3, -0.25) is 0 Å². The minimum atomic E-state index is 0.0681. The van der Waals surface area contributed by atoms with Gasteiger partial charge in [0, 0.05) is 11.3 Å². The van der Waals surface area contributed by atoms with Crippen molar-refractivity contribution in [3.8, 4) is 11.4 Å². The summed E-state index contributed by atoms with van der Waals surface area (Å²) in [5.41, 5.74) is 8.46. The van der Waals surface area contributed by atoms with Gasteiger partial charge in [0.05, 0.1) is 5.92 Å². The molecule has 0 saturated heterocycles. The molecule has 100 valence electrons. The summed E-state index contributed by atoms with van der Waals surface area (Å²) in [6.07, 6.45) is 0. The van der Waals surface area contributed by atoms with Crippen molar-refractivity contribution in [2.45, 2.75) is 12.8 Å². The zero-order valence-corrected chi connectivity index (χ0v) is 11.2. The second-order valence-electron chi connectivity index (χ2n) is 4.71. The van der Waals surface area contributed by atoms with Crippen molar-refractivity contribution in [2.24, 2.45) is 0 Å². The maximum Gasteiger partial charge on any atom is 0.234 e. The molecule has 1 atom stereocenters. The summed E-state index contributed by atoms with van der Waals surface area (Å²) in [5, 5.41) is 4.03. The molecule has 0 amide bonds. The largest absolute Gasteiger partial charge is 0.399 e. The quantitative estimate of drug-likeness (QED) is 0.736. The van der Waals surface area contributed by atoms with Crippen molar-refractivity contribution >= 4 is 5.69 Å². The van der Waals surface area contributed by atoms with Crippen molar-refractivity contribution < 1.29 is 4.52 Å². The van der Waals surface area contributed by atoms with Gasteiger partial charge in [0.1, 0.15) is 0 Å². The number of anilines is 1. The molecule has 3 rings (SSSR count). The third-order valence-electron chi connectivity index (χ3n) is 3.26. The predicted octanol–water partition coefficient (Wildman–Crippen LogP) is 3.47. The van der Waals surface area contributed by atoms with Crippen LogP contribution in [0.3, 0.4) is 0 Å². The van der Waals surface area contributed by atoms with Gasteiger partial charge in [0.15, 0.2) is 0 Å². The van der Waals surface area contributed by atoms with Gasteiger partial charge < -0.3 is 10.3 Å². The predicted molar refractivity (Wildman–Crippen MR) is 78.1 cm³/mol. The molecule has 1 aromatic heterocycles. The van der Waals surface area contributed by atoms with E-state index in [9.17, 15) is 0 Å². The van der Waals surface area contributed by atoms with E-state index in [1.54, 1.807) is 0 Å². The van der Waals surface area contributed by atoms with Gasteiger partial charge in [-0.1, -0.05) is 47.6 Å². The molecule has 3 aromatic rings. The maximum atomic E-state index is 5.77. The molecule has 2 N–H and O–H groups in total. The highest BCUT2D eigenvalue weighted by atomic mass is 16.5. The van der Waals surface area contributed by atoms with Crippen LogP contribution < -0.4 is 5.73 Å². The lowest BCUT2D eigenvalue weighted by Gasteiger charge is -2.05. The summed E-state index contributed by atoms with van der Waals surface area (Å²) < 4.78 is 5.37. The lowest BCUT2D eigenvalue weighted by Crippen LogP contribution is -1.96. The fourth-order valence-corrected chi connectivity index (χ4v) is 2.09. The number of nitrogens with two attached hydrogens (primary N) is 1. The van der Waals surface area contributed by atoms with E-state index >= 15 is 0 Å². The maximum absolute atomic E-state index is 5.77. The lowest BCUT2D eigenvalue weighted by atomic mass is 10.0. The summed E-state index contributed by atoms with van der Waals surface area (Å²) in [5.74, 6) is 1.24. The Bertz CT molecular complexity index is 707. The van der Waals surface area contributed by atoms with E-state index in [-0.39, 0.29) is 5.92 Å². The molecule has 0 fully saturated rings. The first-order valence-corrected chi connectivity index (χ1v) is 6.48. The molecule has 0 aliphatic rings. The fourth-order valence-electron chi connectivity index (χ4n) is 2.09. The van der Waals surface area contributed by atoms with Gasteiger partial charge >= 0.3 is 0 Å². The van der Waals surface area contributed by atoms with Gasteiger partial charge in [-0.15, -0.1) is 0 Å². The molecule has 1 unspecified atom stereocenters. The SMILES string of the molecule is CC(c1ccccc1)c1nc(-c2cccc(N)c2)no1. The molecule has 4 heteroatoms. The third-order valence-corrected chi connectivity index (χ3v) is 3.26. The normalized spacial score (nSPS) is 12.2. The molecular formula is C16H15N3O. The first-order valence-electron chi connectivity index (χ1n) is 6.48. The molecule has 2 aromatic carbocycles. The minimum Gasteiger partial charge on any atom is -0.399 e. The first-order chi connectivity index (χ1) is 9.74. The van der Waals surface area contributed by atoms with Gasteiger partial charge in [-0.05, 0) is 24.6 Å². The van der Waals surface area contributed by atoms with Gasteiger partial charge in [-0.2, -0.15) is 4.98 Å². The molecule has 0 bridgehead atoms. The van der Waals surface area contributed by atoms with E-state index in [0.29, 0.717) is 17.4 Å². The highest BCUT2D eigenvalue weighted by molar-refractivity contribution is 5.60. The molecule has 0 spiro atoms. The number of hydrogen-bond acceptors (Lipinski definition) is 4. The van der Waals surface area contributed by atoms with Gasteiger partial charge in [0.2, 0.25) is 11.7 Å². The number of rotatable bonds is 3. The summed E-state index contributed by atoms with van der Waals surface area (Å²) in [6, 6.07) is 17.5. The molecule has 4 nitrogen and oxygen atoms in total. The Morgan fingerprint density at radius 3 is 2.60 bits per heavy atom. The Morgan fingerprint density at radius 1 is 1.05 bits per heavy atom. The van der Waals surface area contributed by atoms with E-state index in [0.717, 1.165) is 11.1 Å². The van der Waals surface area contributed by atoms with Crippen molar-refractivity contribution in [2.75, 3.05) is 5.73 Å². The van der Waals surface area contributed by atoms with Crippen molar-refractivity contribution in [3.63, 3.8) is 0 Å². The van der Waals surface area contributed by atoms with Crippen LogP contribution >= 0.6 is 0 Å². The highest BCUT2D eigenvalue weighted by Gasteiger charge is 2.16. The first kappa shape index (κ1) is 12.4. The molecular weight excluding hydrogens is 250 g/mol. The monoisotopic (exact) mass is 265 g/mol. The average Bonchev–Trinajstić information content (AvgIpc) is 2.97. The average molecular weight is 265 g/mol. The van der Waals surface area contributed by atoms with Gasteiger partial charge in [0.25, 0.3) is 0 Å². The van der Waals surface area contributed by atoms with Crippen LogP contribution in [0.25, 0.3) is 11.4 Å². The van der Waals surface area contributed by atoms with Crippen molar-refractivity contribution in [1.82, 2.24) is 10.1 Å². The summed E-state index contributed by atoms with van der Waals surface area (Å²) in [6.45, 7) is 2.05. The van der Waals surface area contributed by atoms with Crippen molar-refractivity contribution in [1.29, 1.82) is 0 Å². The topological polar surface area (TPSA) is 64.9 Å². The van der Waals surface area contributed by atoms with E-state index < -0.39 is 0 Å². The smallest absolute Gasteiger partial charge is 0.234 e. The van der Waals surface area contributed by atoms with Crippen molar-refractivity contribution in [3.05, 3.63) is 66.1 Å².